The van der Waals surface area contributed by atoms with Crippen LogP contribution in [0.15, 0.2) is 18.2 Å². The van der Waals surface area contributed by atoms with Gasteiger partial charge in [0.2, 0.25) is 0 Å². The lowest BCUT2D eigenvalue weighted by Crippen LogP contribution is -2.46. The number of Topliss-reactive ketones (excluding diaryl/α,β-unsaturated/α-hetero) is 1. The van der Waals surface area contributed by atoms with Gasteiger partial charge in [-0.05, 0) is 19.2 Å². The third-order valence-corrected chi connectivity index (χ3v) is 3.69. The van der Waals surface area contributed by atoms with E-state index < -0.39 is 11.9 Å². The first-order valence-corrected chi connectivity index (χ1v) is 7.79. The lowest BCUT2D eigenvalue weighted by atomic mass is 10.1. The summed E-state index contributed by atoms with van der Waals surface area (Å²) in [7, 11) is 2.05. The number of carbonyl (C=O) groups is 3. The van der Waals surface area contributed by atoms with Gasteiger partial charge in [-0.3, -0.25) is 19.3 Å². The lowest BCUT2D eigenvalue weighted by Gasteiger charge is -2.31. The maximum atomic E-state index is 12.5. The summed E-state index contributed by atoms with van der Waals surface area (Å²) in [6, 6.07) is 4.40. The van der Waals surface area contributed by atoms with Crippen molar-refractivity contribution in [2.45, 2.75) is 13.8 Å². The molecule has 0 aromatic heterocycles. The third-order valence-electron chi connectivity index (χ3n) is 3.69. The Balaban J connectivity index is 2.15. The molecule has 1 aliphatic heterocycles. The molecule has 24 heavy (non-hydrogen) atoms. The number of ketones is 1. The molecule has 0 unspecified atom stereocenters. The van der Waals surface area contributed by atoms with Crippen LogP contribution in [0.25, 0.3) is 0 Å². The second kappa shape index (κ2) is 8.03. The van der Waals surface area contributed by atoms with Gasteiger partial charge in [0.1, 0.15) is 11.5 Å². The number of hydrogen-bond donors (Lipinski definition) is 0. The monoisotopic (exact) mass is 334 g/mol. The molecule has 1 fully saturated rings. The molecule has 0 radical (unpaired) electrons. The minimum absolute atomic E-state index is 0.109. The van der Waals surface area contributed by atoms with Crippen LogP contribution in [0.5, 0.6) is 11.5 Å². The van der Waals surface area contributed by atoms with Crippen LogP contribution in [0.1, 0.15) is 24.2 Å². The first-order valence-electron chi connectivity index (χ1n) is 7.79. The number of carbonyl (C=O) groups excluding carboxylic acids is 3. The molecule has 1 heterocycles. The highest BCUT2D eigenvalue weighted by atomic mass is 16.5. The van der Waals surface area contributed by atoms with Gasteiger partial charge in [-0.25, -0.2) is 0 Å². The summed E-state index contributed by atoms with van der Waals surface area (Å²) < 4.78 is 10.1. The first-order chi connectivity index (χ1) is 11.3. The molecule has 0 aliphatic carbocycles. The zero-order valence-corrected chi connectivity index (χ0v) is 14.2. The van der Waals surface area contributed by atoms with E-state index in [1.54, 1.807) is 0 Å². The fourth-order valence-corrected chi connectivity index (χ4v) is 2.48. The Morgan fingerprint density at radius 2 is 1.42 bits per heavy atom. The number of piperazine rings is 1. The second-order valence-electron chi connectivity index (χ2n) is 5.88. The van der Waals surface area contributed by atoms with Gasteiger partial charge in [0, 0.05) is 51.7 Å². The SMILES string of the molecule is CC(=O)Oc1cc(OC(C)=O)cc(C(=O)CN2CCN(C)CC2)c1. The Morgan fingerprint density at radius 3 is 1.88 bits per heavy atom. The minimum Gasteiger partial charge on any atom is -0.427 e. The van der Waals surface area contributed by atoms with Crippen LogP contribution in [-0.2, 0) is 9.59 Å². The van der Waals surface area contributed by atoms with Crippen molar-refractivity contribution in [2.24, 2.45) is 0 Å². The van der Waals surface area contributed by atoms with Crippen molar-refractivity contribution in [3.05, 3.63) is 23.8 Å². The lowest BCUT2D eigenvalue weighted by molar-refractivity contribution is -0.132. The molecule has 1 saturated heterocycles. The predicted molar refractivity (Wildman–Crippen MR) is 87.3 cm³/mol. The summed E-state index contributed by atoms with van der Waals surface area (Å²) in [4.78, 5) is 39.1. The van der Waals surface area contributed by atoms with Crippen molar-refractivity contribution in [1.82, 2.24) is 9.80 Å². The smallest absolute Gasteiger partial charge is 0.308 e. The second-order valence-corrected chi connectivity index (χ2v) is 5.88. The number of benzene rings is 1. The molecule has 0 atom stereocenters. The highest BCUT2D eigenvalue weighted by molar-refractivity contribution is 5.98. The van der Waals surface area contributed by atoms with Crippen molar-refractivity contribution in [1.29, 1.82) is 0 Å². The molecule has 0 spiro atoms. The van der Waals surface area contributed by atoms with Gasteiger partial charge < -0.3 is 14.4 Å². The fraction of sp³-hybridized carbons (Fsp3) is 0.471. The van der Waals surface area contributed by atoms with E-state index in [4.69, 9.17) is 9.47 Å². The quantitative estimate of drug-likeness (QED) is 0.451. The van der Waals surface area contributed by atoms with Gasteiger partial charge >= 0.3 is 11.9 Å². The highest BCUT2D eigenvalue weighted by Gasteiger charge is 2.19. The van der Waals surface area contributed by atoms with E-state index in [9.17, 15) is 14.4 Å². The average molecular weight is 334 g/mol. The number of hydrogen-bond acceptors (Lipinski definition) is 7. The number of nitrogens with zero attached hydrogens (tertiary/aromatic N) is 2. The largest absolute Gasteiger partial charge is 0.427 e. The molecule has 1 aromatic rings. The summed E-state index contributed by atoms with van der Waals surface area (Å²) in [6.07, 6.45) is 0. The number of esters is 2. The van der Waals surface area contributed by atoms with Crippen LogP contribution in [0.2, 0.25) is 0 Å². The third kappa shape index (κ3) is 5.43. The summed E-state index contributed by atoms with van der Waals surface area (Å²) >= 11 is 0. The normalized spacial score (nSPS) is 15.8. The Labute approximate surface area is 141 Å². The van der Waals surface area contributed by atoms with E-state index in [0.717, 1.165) is 26.2 Å². The van der Waals surface area contributed by atoms with Gasteiger partial charge in [-0.1, -0.05) is 0 Å². The number of ether oxygens (including phenoxy) is 2. The van der Waals surface area contributed by atoms with E-state index in [1.165, 1.54) is 32.0 Å². The first kappa shape index (κ1) is 18.1. The molecule has 0 amide bonds. The summed E-state index contributed by atoms with van der Waals surface area (Å²) in [6.45, 7) is 6.29. The van der Waals surface area contributed by atoms with Gasteiger partial charge in [0.05, 0.1) is 6.54 Å². The maximum absolute atomic E-state index is 12.5. The Morgan fingerprint density at radius 1 is 0.917 bits per heavy atom. The topological polar surface area (TPSA) is 76.1 Å². The van der Waals surface area contributed by atoms with Crippen LogP contribution in [0.4, 0.5) is 0 Å². The summed E-state index contributed by atoms with van der Waals surface area (Å²) in [5.41, 5.74) is 0.351. The maximum Gasteiger partial charge on any atom is 0.308 e. The van der Waals surface area contributed by atoms with Crippen molar-refractivity contribution in [3.63, 3.8) is 0 Å². The molecule has 7 heteroatoms. The molecule has 0 N–H and O–H groups in total. The Bertz CT molecular complexity index is 602. The van der Waals surface area contributed by atoms with Crippen LogP contribution in [0, 0.1) is 0 Å². The van der Waals surface area contributed by atoms with Crippen LogP contribution in [-0.4, -0.2) is 67.3 Å². The van der Waals surface area contributed by atoms with Crippen molar-refractivity contribution >= 4 is 17.7 Å². The molecule has 0 saturated carbocycles. The van der Waals surface area contributed by atoms with Crippen molar-refractivity contribution < 1.29 is 23.9 Å². The van der Waals surface area contributed by atoms with Crippen LogP contribution < -0.4 is 9.47 Å². The summed E-state index contributed by atoms with van der Waals surface area (Å²) in [5, 5.41) is 0. The molecule has 7 nitrogen and oxygen atoms in total. The molecule has 130 valence electrons. The van der Waals surface area contributed by atoms with E-state index in [0.29, 0.717) is 5.56 Å². The zero-order chi connectivity index (χ0) is 17.7. The molecular weight excluding hydrogens is 312 g/mol. The molecule has 1 aliphatic rings. The van der Waals surface area contributed by atoms with E-state index >= 15 is 0 Å². The minimum atomic E-state index is -0.507. The van der Waals surface area contributed by atoms with E-state index in [2.05, 4.69) is 9.80 Å². The molecule has 2 rings (SSSR count). The molecule has 0 bridgehead atoms. The highest BCUT2D eigenvalue weighted by Crippen LogP contribution is 2.24. The summed E-state index contributed by atoms with van der Waals surface area (Å²) in [5.74, 6) is -0.757. The van der Waals surface area contributed by atoms with Crippen LogP contribution in [0.3, 0.4) is 0 Å². The number of likely N-dealkylation sites (N-methyl/N-ethyl adjacent to an activating group) is 1. The van der Waals surface area contributed by atoms with Gasteiger partial charge in [0.25, 0.3) is 0 Å². The average Bonchev–Trinajstić information content (AvgIpc) is 2.48. The standard InChI is InChI=1S/C17H22N2O5/c1-12(20)23-15-8-14(9-16(10-15)24-13(2)21)17(22)11-19-6-4-18(3)5-7-19/h8-10H,4-7,11H2,1-3H3. The van der Waals surface area contributed by atoms with Gasteiger partial charge in [-0.2, -0.15) is 0 Å². The Hall–Kier alpha value is -2.25. The van der Waals surface area contributed by atoms with Gasteiger partial charge in [0.15, 0.2) is 5.78 Å². The van der Waals surface area contributed by atoms with Gasteiger partial charge in [-0.15, -0.1) is 0 Å². The Kier molecular flexibility index (Phi) is 6.05. The predicted octanol–water partition coefficient (Wildman–Crippen LogP) is 0.967. The number of rotatable bonds is 5. The van der Waals surface area contributed by atoms with E-state index in [1.807, 2.05) is 7.05 Å². The molecule has 1 aromatic carbocycles. The van der Waals surface area contributed by atoms with E-state index in [-0.39, 0.29) is 23.8 Å². The van der Waals surface area contributed by atoms with Crippen LogP contribution >= 0.6 is 0 Å². The fourth-order valence-electron chi connectivity index (χ4n) is 2.48. The van der Waals surface area contributed by atoms with Crippen molar-refractivity contribution in [2.75, 3.05) is 39.8 Å². The molecular formula is C17H22N2O5. The van der Waals surface area contributed by atoms with Crippen molar-refractivity contribution in [3.8, 4) is 11.5 Å². The zero-order valence-electron chi connectivity index (χ0n) is 14.2.